The molecule has 2 aromatic rings. The zero-order chi connectivity index (χ0) is 16.6. The van der Waals surface area contributed by atoms with Crippen molar-refractivity contribution in [3.63, 3.8) is 0 Å². The summed E-state index contributed by atoms with van der Waals surface area (Å²) in [7, 11) is -3.94. The van der Waals surface area contributed by atoms with Crippen LogP contribution in [0.15, 0.2) is 46.2 Å². The molecule has 8 nitrogen and oxygen atoms in total. The first-order valence-electron chi connectivity index (χ1n) is 6.81. The molecule has 0 bridgehead atoms. The fourth-order valence-electron chi connectivity index (χ4n) is 2.51. The van der Waals surface area contributed by atoms with Crippen LogP contribution >= 0.6 is 0 Å². The number of hydrogen-bond acceptors (Lipinski definition) is 5. The van der Waals surface area contributed by atoms with E-state index in [-0.39, 0.29) is 17.0 Å². The third kappa shape index (κ3) is 2.70. The normalized spacial score (nSPS) is 16.8. The third-order valence-electron chi connectivity index (χ3n) is 3.61. The number of aromatic nitrogens is 2. The average Bonchev–Trinajstić information content (AvgIpc) is 2.96. The van der Waals surface area contributed by atoms with Gasteiger partial charge < -0.3 is 5.11 Å². The Bertz CT molecular complexity index is 921. The summed E-state index contributed by atoms with van der Waals surface area (Å²) in [6.45, 7) is 0. The van der Waals surface area contributed by atoms with Crippen LogP contribution in [0.1, 0.15) is 18.3 Å². The molecular formula is C14H13N3O5S. The van der Waals surface area contributed by atoms with Crippen LogP contribution in [0.4, 0.5) is 5.69 Å². The van der Waals surface area contributed by atoms with Crippen molar-refractivity contribution in [3.05, 3.63) is 52.7 Å². The Labute approximate surface area is 131 Å². The van der Waals surface area contributed by atoms with E-state index in [0.717, 1.165) is 10.8 Å². The molecule has 0 fully saturated rings. The maximum absolute atomic E-state index is 12.4. The van der Waals surface area contributed by atoms with Crippen LogP contribution in [-0.4, -0.2) is 29.0 Å². The molecule has 1 unspecified atom stereocenters. The molecule has 1 aromatic heterocycles. The predicted molar refractivity (Wildman–Crippen MR) is 80.7 cm³/mol. The van der Waals surface area contributed by atoms with E-state index in [4.69, 9.17) is 5.11 Å². The van der Waals surface area contributed by atoms with Crippen LogP contribution < -0.4 is 10.3 Å². The molecule has 1 aliphatic rings. The van der Waals surface area contributed by atoms with Gasteiger partial charge in [-0.25, -0.2) is 18.2 Å². The summed E-state index contributed by atoms with van der Waals surface area (Å²) < 4.78 is 27.7. The van der Waals surface area contributed by atoms with Crippen LogP contribution in [-0.2, 0) is 21.2 Å². The molecule has 1 aromatic carbocycles. The maximum atomic E-state index is 12.4. The Morgan fingerprint density at radius 3 is 2.65 bits per heavy atom. The van der Waals surface area contributed by atoms with Gasteiger partial charge in [0.1, 0.15) is 17.6 Å². The Balaban J connectivity index is 2.02. The van der Waals surface area contributed by atoms with Gasteiger partial charge >= 0.3 is 5.97 Å². The SMILES string of the molecule is O=C(O)C1CCc2ncc(NS(=O)(=O)c3ccccc3)c(=O)n21. The zero-order valence-electron chi connectivity index (χ0n) is 11.8. The molecule has 120 valence electrons. The highest BCUT2D eigenvalue weighted by molar-refractivity contribution is 7.92. The predicted octanol–water partition coefficient (Wildman–Crippen LogP) is 0.616. The summed E-state index contributed by atoms with van der Waals surface area (Å²) >= 11 is 0. The molecule has 0 spiro atoms. The van der Waals surface area contributed by atoms with Crippen molar-refractivity contribution in [2.24, 2.45) is 0 Å². The van der Waals surface area contributed by atoms with Gasteiger partial charge in [-0.3, -0.25) is 14.1 Å². The van der Waals surface area contributed by atoms with E-state index < -0.39 is 27.6 Å². The number of benzene rings is 1. The topological polar surface area (TPSA) is 118 Å². The molecule has 1 aliphatic heterocycles. The minimum atomic E-state index is -3.94. The van der Waals surface area contributed by atoms with Gasteiger partial charge in [0.15, 0.2) is 0 Å². The van der Waals surface area contributed by atoms with Crippen molar-refractivity contribution >= 4 is 21.7 Å². The number of fused-ring (bicyclic) bond motifs is 1. The number of rotatable bonds is 4. The number of carboxylic acids is 1. The number of sulfonamides is 1. The molecule has 9 heteroatoms. The maximum Gasteiger partial charge on any atom is 0.326 e. The lowest BCUT2D eigenvalue weighted by atomic mass is 10.2. The highest BCUT2D eigenvalue weighted by Gasteiger charge is 2.31. The van der Waals surface area contributed by atoms with Crippen LogP contribution in [0.5, 0.6) is 0 Å². The molecule has 0 amide bonds. The Kier molecular flexibility index (Phi) is 3.64. The number of carbonyl (C=O) groups is 1. The second-order valence-corrected chi connectivity index (χ2v) is 6.76. The highest BCUT2D eigenvalue weighted by atomic mass is 32.2. The molecule has 23 heavy (non-hydrogen) atoms. The Hall–Kier alpha value is -2.68. The number of nitrogens with zero attached hydrogens (tertiary/aromatic N) is 2. The largest absolute Gasteiger partial charge is 0.480 e. The van der Waals surface area contributed by atoms with Crippen LogP contribution in [0.3, 0.4) is 0 Å². The van der Waals surface area contributed by atoms with Gasteiger partial charge in [-0.2, -0.15) is 0 Å². The fourth-order valence-corrected chi connectivity index (χ4v) is 3.57. The number of hydrogen-bond donors (Lipinski definition) is 2. The van der Waals surface area contributed by atoms with E-state index in [1.165, 1.54) is 12.1 Å². The van der Waals surface area contributed by atoms with Gasteiger partial charge in [-0.05, 0) is 18.6 Å². The van der Waals surface area contributed by atoms with E-state index in [9.17, 15) is 18.0 Å². The highest BCUT2D eigenvalue weighted by Crippen LogP contribution is 2.23. The van der Waals surface area contributed by atoms with Crippen molar-refractivity contribution in [2.75, 3.05) is 4.72 Å². The molecule has 0 saturated heterocycles. The van der Waals surface area contributed by atoms with Crippen molar-refractivity contribution in [1.82, 2.24) is 9.55 Å². The summed E-state index contributed by atoms with van der Waals surface area (Å²) in [5.41, 5.74) is -0.981. The second kappa shape index (κ2) is 5.51. The molecule has 2 heterocycles. The van der Waals surface area contributed by atoms with Crippen molar-refractivity contribution in [3.8, 4) is 0 Å². The van der Waals surface area contributed by atoms with Crippen molar-refractivity contribution < 1.29 is 18.3 Å². The van der Waals surface area contributed by atoms with Gasteiger partial charge in [-0.1, -0.05) is 18.2 Å². The minimum absolute atomic E-state index is 0.000293. The van der Waals surface area contributed by atoms with Gasteiger partial charge in [0, 0.05) is 6.42 Å². The molecule has 0 radical (unpaired) electrons. The summed E-state index contributed by atoms with van der Waals surface area (Å²) in [4.78, 5) is 27.6. The first-order valence-corrected chi connectivity index (χ1v) is 8.29. The average molecular weight is 335 g/mol. The van der Waals surface area contributed by atoms with E-state index >= 15 is 0 Å². The van der Waals surface area contributed by atoms with Gasteiger partial charge in [0.2, 0.25) is 0 Å². The van der Waals surface area contributed by atoms with Gasteiger partial charge in [0.25, 0.3) is 15.6 Å². The van der Waals surface area contributed by atoms with Gasteiger partial charge in [-0.15, -0.1) is 0 Å². The lowest BCUT2D eigenvalue weighted by Gasteiger charge is -2.12. The van der Waals surface area contributed by atoms with E-state index in [2.05, 4.69) is 9.71 Å². The van der Waals surface area contributed by atoms with Crippen LogP contribution in [0, 0.1) is 0 Å². The van der Waals surface area contributed by atoms with Crippen LogP contribution in [0.25, 0.3) is 0 Å². The first-order chi connectivity index (χ1) is 10.9. The van der Waals surface area contributed by atoms with E-state index in [1.54, 1.807) is 18.2 Å². The Morgan fingerprint density at radius 1 is 1.30 bits per heavy atom. The molecule has 2 N–H and O–H groups in total. The lowest BCUT2D eigenvalue weighted by molar-refractivity contribution is -0.140. The molecule has 3 rings (SSSR count). The number of nitrogens with one attached hydrogen (secondary N) is 1. The Morgan fingerprint density at radius 2 is 2.00 bits per heavy atom. The molecule has 1 atom stereocenters. The third-order valence-corrected chi connectivity index (χ3v) is 4.99. The lowest BCUT2D eigenvalue weighted by Crippen LogP contribution is -2.31. The van der Waals surface area contributed by atoms with Crippen LogP contribution in [0.2, 0.25) is 0 Å². The summed E-state index contributed by atoms with van der Waals surface area (Å²) in [5, 5.41) is 9.16. The number of aryl methyl sites for hydroxylation is 1. The fraction of sp³-hybridized carbons (Fsp3) is 0.214. The number of carboxylic acid groups (broad SMARTS) is 1. The van der Waals surface area contributed by atoms with E-state index in [1.807, 2.05) is 0 Å². The minimum Gasteiger partial charge on any atom is -0.480 e. The quantitative estimate of drug-likeness (QED) is 0.845. The first kappa shape index (κ1) is 15.2. The molecule has 0 saturated carbocycles. The summed E-state index contributed by atoms with van der Waals surface area (Å²) in [6.07, 6.45) is 1.74. The molecule has 0 aliphatic carbocycles. The second-order valence-electron chi connectivity index (χ2n) is 5.07. The zero-order valence-corrected chi connectivity index (χ0v) is 12.7. The molecular weight excluding hydrogens is 322 g/mol. The summed E-state index contributed by atoms with van der Waals surface area (Å²) in [6, 6.07) is 6.54. The number of aliphatic carboxylic acids is 1. The number of anilines is 1. The van der Waals surface area contributed by atoms with Crippen molar-refractivity contribution in [1.29, 1.82) is 0 Å². The summed E-state index contributed by atoms with van der Waals surface area (Å²) in [5.74, 6) is -0.805. The monoisotopic (exact) mass is 335 g/mol. The van der Waals surface area contributed by atoms with Gasteiger partial charge in [0.05, 0.1) is 11.1 Å². The van der Waals surface area contributed by atoms with Crippen molar-refractivity contribution in [2.45, 2.75) is 23.8 Å². The standard InChI is InChI=1S/C14H13N3O5S/c18-13-10(16-23(21,22)9-4-2-1-3-5-9)8-15-12-7-6-11(14(19)20)17(12)13/h1-5,8,11,16H,6-7H2,(H,19,20). The van der Waals surface area contributed by atoms with E-state index in [0.29, 0.717) is 12.2 Å². The smallest absolute Gasteiger partial charge is 0.326 e.